The lowest BCUT2D eigenvalue weighted by atomic mass is 10.0. The average molecular weight is 667 g/mol. The zero-order chi connectivity index (χ0) is 33.9. The third kappa shape index (κ3) is 7.33. The Balaban J connectivity index is 1.53. The Morgan fingerprint density at radius 3 is 2.72 bits per heavy atom. The molecule has 2 fully saturated rings. The van der Waals surface area contributed by atoms with Crippen LogP contribution in [0.5, 0.6) is 0 Å². The van der Waals surface area contributed by atoms with Gasteiger partial charge in [0.25, 0.3) is 5.56 Å². The van der Waals surface area contributed by atoms with Crippen molar-refractivity contribution in [2.24, 2.45) is 11.0 Å². The average Bonchev–Trinajstić information content (AvgIpc) is 3.32. The number of alkyl carbamates (subject to hydrolysis) is 1. The van der Waals surface area contributed by atoms with Gasteiger partial charge in [0.1, 0.15) is 23.2 Å². The van der Waals surface area contributed by atoms with E-state index in [1.165, 1.54) is 27.1 Å². The number of azide groups is 1. The van der Waals surface area contributed by atoms with E-state index in [1.807, 2.05) is 12.2 Å². The second-order valence-corrected chi connectivity index (χ2v) is 13.9. The Morgan fingerprint density at radius 1 is 1.26 bits per heavy atom. The van der Waals surface area contributed by atoms with Crippen molar-refractivity contribution in [3.8, 4) is 11.1 Å². The van der Waals surface area contributed by atoms with Gasteiger partial charge >= 0.3 is 12.1 Å². The minimum absolute atomic E-state index is 0.0340. The van der Waals surface area contributed by atoms with Crippen molar-refractivity contribution < 1.29 is 29.0 Å². The number of allylic oxidation sites excluding steroid dienone is 1. The predicted octanol–water partition coefficient (Wildman–Crippen LogP) is 4.43. The van der Waals surface area contributed by atoms with Crippen molar-refractivity contribution in [3.63, 3.8) is 0 Å². The summed E-state index contributed by atoms with van der Waals surface area (Å²) in [5, 5.41) is 26.9. The van der Waals surface area contributed by atoms with E-state index >= 15 is 0 Å². The summed E-state index contributed by atoms with van der Waals surface area (Å²) in [6.07, 6.45) is 7.52. The highest BCUT2D eigenvalue weighted by Crippen LogP contribution is 2.45. The van der Waals surface area contributed by atoms with E-state index in [2.05, 4.69) is 25.8 Å². The first kappa shape index (κ1) is 33.7. The monoisotopic (exact) mass is 666 g/mol. The van der Waals surface area contributed by atoms with Crippen molar-refractivity contribution in [1.82, 2.24) is 25.3 Å². The van der Waals surface area contributed by atoms with Gasteiger partial charge in [0.2, 0.25) is 11.8 Å². The van der Waals surface area contributed by atoms with E-state index < -0.39 is 64.6 Å². The van der Waals surface area contributed by atoms with Gasteiger partial charge in [-0.2, -0.15) is 16.4 Å². The molecular formula is C31H38N8O7S. The van der Waals surface area contributed by atoms with Gasteiger partial charge in [-0.1, -0.05) is 30.1 Å². The standard InChI is InChI=1S/C31H38N8O7S/c1-30(2,3)46-29(45)34-21-10-8-6-4-5-7-9-19-14-31(19,28(43)44)35-25(40)23-13-20(16-38(23)26(21)41)39-27(42)24(18-11-12-47-17-18)22(15-33-39)36-37-32/h7,9,11-12,15,17,19-21,23H,4-6,8,10,13-14,16H2,1-3H3,(H,34,45)(H,35,40)(H,43,44)/b9-7-/t19-,20+,21-,23-,31+/m0/s1. The fourth-order valence-electron chi connectivity index (χ4n) is 6.23. The number of hydrogen-bond donors (Lipinski definition) is 3. The predicted molar refractivity (Wildman–Crippen MR) is 172 cm³/mol. The Hall–Kier alpha value is -4.69. The van der Waals surface area contributed by atoms with Crippen LogP contribution in [-0.4, -0.2) is 73.4 Å². The van der Waals surface area contributed by atoms with Crippen LogP contribution >= 0.6 is 11.3 Å². The lowest BCUT2D eigenvalue weighted by molar-refractivity contribution is -0.145. The van der Waals surface area contributed by atoms with Crippen LogP contribution in [0.1, 0.15) is 71.8 Å². The zero-order valence-corrected chi connectivity index (χ0v) is 27.2. The van der Waals surface area contributed by atoms with Crippen LogP contribution in [0.2, 0.25) is 0 Å². The molecule has 47 heavy (non-hydrogen) atoms. The summed E-state index contributed by atoms with van der Waals surface area (Å²) < 4.78 is 6.60. The summed E-state index contributed by atoms with van der Waals surface area (Å²) in [5.74, 6) is -2.81. The highest BCUT2D eigenvalue weighted by molar-refractivity contribution is 7.08. The number of hydrogen-bond acceptors (Lipinski definition) is 9. The third-order valence-electron chi connectivity index (χ3n) is 8.62. The molecule has 1 saturated carbocycles. The number of carbonyl (C=O) groups is 4. The van der Waals surface area contributed by atoms with Gasteiger partial charge in [0.05, 0.1) is 23.5 Å². The van der Waals surface area contributed by atoms with Crippen LogP contribution in [0.3, 0.4) is 0 Å². The first-order chi connectivity index (χ1) is 22.3. The molecule has 1 saturated heterocycles. The Labute approximate surface area is 274 Å². The summed E-state index contributed by atoms with van der Waals surface area (Å²) in [6.45, 7) is 4.99. The Bertz CT molecular complexity index is 1680. The quantitative estimate of drug-likeness (QED) is 0.179. The van der Waals surface area contributed by atoms with Gasteiger partial charge in [0.15, 0.2) is 0 Å². The van der Waals surface area contributed by atoms with Crippen LogP contribution < -0.4 is 16.2 Å². The minimum atomic E-state index is -1.51. The fourth-order valence-corrected chi connectivity index (χ4v) is 6.87. The molecule has 3 aliphatic rings. The maximum atomic E-state index is 14.3. The topological polar surface area (TPSA) is 209 Å². The molecule has 3 amide bonds. The Morgan fingerprint density at radius 2 is 2.04 bits per heavy atom. The van der Waals surface area contributed by atoms with Crippen molar-refractivity contribution in [3.05, 3.63) is 56.0 Å². The smallest absolute Gasteiger partial charge is 0.408 e. The zero-order valence-electron chi connectivity index (χ0n) is 26.4. The molecule has 2 aromatic heterocycles. The van der Waals surface area contributed by atoms with Gasteiger partial charge < -0.3 is 25.4 Å². The molecule has 16 heteroatoms. The molecule has 4 heterocycles. The molecule has 0 unspecified atom stereocenters. The number of carboxylic acid groups (broad SMARTS) is 1. The molecule has 2 aliphatic heterocycles. The molecular weight excluding hydrogens is 628 g/mol. The number of thiophene rings is 1. The third-order valence-corrected chi connectivity index (χ3v) is 9.30. The number of rotatable bonds is 5. The summed E-state index contributed by atoms with van der Waals surface area (Å²) >= 11 is 1.35. The number of carboxylic acids is 1. The summed E-state index contributed by atoms with van der Waals surface area (Å²) in [7, 11) is 0. The number of fused-ring (bicyclic) bond motifs is 2. The highest BCUT2D eigenvalue weighted by Gasteiger charge is 2.61. The van der Waals surface area contributed by atoms with Crippen LogP contribution in [0.15, 0.2) is 45.1 Å². The number of aliphatic carboxylic acids is 1. The number of nitrogens with zero attached hydrogens (tertiary/aromatic N) is 6. The van der Waals surface area contributed by atoms with Crippen molar-refractivity contribution in [2.75, 3.05) is 6.54 Å². The summed E-state index contributed by atoms with van der Waals surface area (Å²) in [6, 6.07) is -1.30. The molecule has 15 nitrogen and oxygen atoms in total. The maximum absolute atomic E-state index is 14.3. The molecule has 3 N–H and O–H groups in total. The molecule has 0 radical (unpaired) electrons. The fraction of sp³-hybridized carbons (Fsp3) is 0.548. The minimum Gasteiger partial charge on any atom is -0.479 e. The van der Waals surface area contributed by atoms with E-state index in [4.69, 9.17) is 10.3 Å². The van der Waals surface area contributed by atoms with Gasteiger partial charge in [-0.3, -0.25) is 14.4 Å². The number of ether oxygens (including phenoxy) is 1. The van der Waals surface area contributed by atoms with Crippen molar-refractivity contribution in [1.29, 1.82) is 0 Å². The van der Waals surface area contributed by atoms with Crippen molar-refractivity contribution in [2.45, 2.75) is 95.0 Å². The van der Waals surface area contributed by atoms with Gasteiger partial charge in [-0.25, -0.2) is 14.3 Å². The number of aromatic nitrogens is 2. The number of carbonyl (C=O) groups excluding carboxylic acids is 3. The van der Waals surface area contributed by atoms with Crippen LogP contribution in [0.4, 0.5) is 10.5 Å². The molecule has 1 aliphatic carbocycles. The van der Waals surface area contributed by atoms with Crippen molar-refractivity contribution >= 4 is 40.9 Å². The summed E-state index contributed by atoms with van der Waals surface area (Å²) in [4.78, 5) is 71.4. The van der Waals surface area contributed by atoms with E-state index in [1.54, 1.807) is 37.6 Å². The van der Waals surface area contributed by atoms with Gasteiger partial charge in [-0.05, 0) is 74.4 Å². The van der Waals surface area contributed by atoms with Crippen LogP contribution in [0, 0.1) is 5.92 Å². The molecule has 0 aromatic carbocycles. The Kier molecular flexibility index (Phi) is 9.73. The lowest BCUT2D eigenvalue weighted by Crippen LogP contribution is -2.56. The van der Waals surface area contributed by atoms with E-state index in [9.17, 15) is 29.1 Å². The first-order valence-electron chi connectivity index (χ1n) is 15.6. The van der Waals surface area contributed by atoms with E-state index in [-0.39, 0.29) is 37.1 Å². The molecule has 2 aromatic rings. The van der Waals surface area contributed by atoms with Gasteiger partial charge in [-0.15, -0.1) is 0 Å². The normalized spacial score (nSPS) is 27.2. The molecule has 0 spiro atoms. The van der Waals surface area contributed by atoms with E-state index in [0.717, 1.165) is 12.8 Å². The largest absolute Gasteiger partial charge is 0.479 e. The van der Waals surface area contributed by atoms with Crippen LogP contribution in [0.25, 0.3) is 21.6 Å². The molecule has 5 rings (SSSR count). The number of amides is 3. The lowest BCUT2D eigenvalue weighted by Gasteiger charge is -2.30. The van der Waals surface area contributed by atoms with E-state index in [0.29, 0.717) is 18.4 Å². The van der Waals surface area contributed by atoms with Crippen LogP contribution in [-0.2, 0) is 19.1 Å². The van der Waals surface area contributed by atoms with Gasteiger partial charge in [0, 0.05) is 23.8 Å². The second-order valence-electron chi connectivity index (χ2n) is 13.1. The molecule has 5 atom stereocenters. The number of nitrogens with one attached hydrogen (secondary N) is 2. The SMILES string of the molecule is CC(C)(C)OC(=O)N[C@H]1CCCCC/C=C\[C@H]2C[C@@]2(C(=O)O)NC(=O)[C@@H]2C[C@@H](n3ncc(N=[N+]=[N-])c(-c4ccsc4)c3=O)CN2C1=O. The molecule has 250 valence electrons. The highest BCUT2D eigenvalue weighted by atomic mass is 32.1. The second kappa shape index (κ2) is 13.6. The summed E-state index contributed by atoms with van der Waals surface area (Å²) in [5.41, 5.74) is 6.87. The maximum Gasteiger partial charge on any atom is 0.408 e. The first-order valence-corrected chi connectivity index (χ1v) is 16.5. The molecule has 0 bridgehead atoms.